The number of nitrogens with one attached hydrogen (secondary N) is 1. The van der Waals surface area contributed by atoms with Gasteiger partial charge in [-0.1, -0.05) is 6.07 Å². The maximum Gasteiger partial charge on any atom is 0.335 e. The van der Waals surface area contributed by atoms with Crippen molar-refractivity contribution in [3.8, 4) is 11.6 Å². The second kappa shape index (κ2) is 4.30. The largest absolute Gasteiger partial charge is 0.492 e. The van der Waals surface area contributed by atoms with E-state index in [2.05, 4.69) is 4.98 Å². The lowest BCUT2D eigenvalue weighted by molar-refractivity contribution is 0.386. The quantitative estimate of drug-likeness (QED) is 0.690. The maximum atomic E-state index is 13.4. The molecule has 0 aliphatic carbocycles. The van der Waals surface area contributed by atoms with Crippen molar-refractivity contribution in [2.75, 3.05) is 0 Å². The summed E-state index contributed by atoms with van der Waals surface area (Å²) in [6, 6.07) is 8.15. The lowest BCUT2D eigenvalue weighted by Gasteiger charge is -2.08. The van der Waals surface area contributed by atoms with E-state index >= 15 is 0 Å². The Morgan fingerprint density at radius 2 is 2.05 bits per heavy atom. The molecule has 0 fully saturated rings. The average molecular weight is 273 g/mol. The van der Waals surface area contributed by atoms with Crippen molar-refractivity contribution in [3.05, 3.63) is 63.2 Å². The number of pyridine rings is 1. The number of hydrogen-bond acceptors (Lipinski definition) is 4. The highest BCUT2D eigenvalue weighted by molar-refractivity contribution is 5.80. The van der Waals surface area contributed by atoms with E-state index in [4.69, 9.17) is 0 Å². The van der Waals surface area contributed by atoms with Crippen molar-refractivity contribution in [3.63, 3.8) is 0 Å². The van der Waals surface area contributed by atoms with Crippen LogP contribution in [0.5, 0.6) is 5.88 Å². The van der Waals surface area contributed by atoms with Crippen molar-refractivity contribution in [1.29, 1.82) is 0 Å². The molecule has 0 saturated heterocycles. The number of aromatic amines is 1. The highest BCUT2D eigenvalue weighted by Gasteiger charge is 2.15. The molecule has 0 unspecified atom stereocenters. The van der Waals surface area contributed by atoms with Crippen LogP contribution in [0, 0.1) is 5.82 Å². The molecule has 2 N–H and O–H groups in total. The molecule has 0 spiro atoms. The normalized spacial score (nSPS) is 10.8. The highest BCUT2D eigenvalue weighted by Crippen LogP contribution is 2.19. The van der Waals surface area contributed by atoms with Gasteiger partial charge in [0.05, 0.1) is 11.2 Å². The summed E-state index contributed by atoms with van der Waals surface area (Å²) in [6.07, 6.45) is 1.62. The summed E-state index contributed by atoms with van der Waals surface area (Å²) in [5, 5.41) is 10.3. The number of aromatic nitrogens is 3. The topological polar surface area (TPSA) is 88.0 Å². The number of H-pyrrole nitrogens is 1. The van der Waals surface area contributed by atoms with Crippen molar-refractivity contribution in [2.45, 2.75) is 0 Å². The fraction of sp³-hybridized carbons (Fsp3) is 0. The summed E-state index contributed by atoms with van der Waals surface area (Å²) in [5.41, 5.74) is -1.26. The van der Waals surface area contributed by atoms with E-state index in [1.165, 1.54) is 6.07 Å². The molecule has 0 radical (unpaired) electrons. The molecule has 1 aromatic carbocycles. The summed E-state index contributed by atoms with van der Waals surface area (Å²) in [5.74, 6) is -2.43. The van der Waals surface area contributed by atoms with E-state index in [9.17, 15) is 19.1 Å². The van der Waals surface area contributed by atoms with Gasteiger partial charge in [0, 0.05) is 11.6 Å². The Kier molecular flexibility index (Phi) is 2.60. The fourth-order valence-electron chi connectivity index (χ4n) is 1.95. The second-order valence-corrected chi connectivity index (χ2v) is 4.11. The van der Waals surface area contributed by atoms with Gasteiger partial charge in [0.2, 0.25) is 11.7 Å². The summed E-state index contributed by atoms with van der Waals surface area (Å²) in [6.45, 7) is 0. The van der Waals surface area contributed by atoms with E-state index in [0.29, 0.717) is 15.5 Å². The zero-order valence-electron chi connectivity index (χ0n) is 10.0. The molecule has 3 rings (SSSR count). The SMILES string of the molecule is O=c1[nH]c(=O)n(-c2ccc3ncccc3c2)c(O)c1F. The summed E-state index contributed by atoms with van der Waals surface area (Å²) in [7, 11) is 0. The molecule has 0 aliphatic rings. The summed E-state index contributed by atoms with van der Waals surface area (Å²) < 4.78 is 14.1. The van der Waals surface area contributed by atoms with Crippen molar-refractivity contribution < 1.29 is 9.50 Å². The van der Waals surface area contributed by atoms with Crippen LogP contribution in [0.15, 0.2) is 46.1 Å². The molecular weight excluding hydrogens is 265 g/mol. The van der Waals surface area contributed by atoms with Gasteiger partial charge < -0.3 is 5.11 Å². The van der Waals surface area contributed by atoms with Gasteiger partial charge in [-0.25, -0.2) is 9.36 Å². The van der Waals surface area contributed by atoms with Gasteiger partial charge in [-0.3, -0.25) is 14.8 Å². The standard InChI is InChI=1S/C13H8FN3O3/c14-10-11(18)16-13(20)17(12(10)19)8-3-4-9-7(6-8)2-1-5-15-9/h1-6,19H,(H,16,18,20). The van der Waals surface area contributed by atoms with Crippen LogP contribution >= 0.6 is 0 Å². The van der Waals surface area contributed by atoms with E-state index < -0.39 is 22.9 Å². The van der Waals surface area contributed by atoms with Gasteiger partial charge in [0.25, 0.3) is 5.56 Å². The van der Waals surface area contributed by atoms with Crippen molar-refractivity contribution >= 4 is 10.9 Å². The molecule has 0 amide bonds. The molecule has 2 heterocycles. The Labute approximate surface area is 110 Å². The Morgan fingerprint density at radius 3 is 2.85 bits per heavy atom. The van der Waals surface area contributed by atoms with Crippen LogP contribution in [-0.2, 0) is 0 Å². The third-order valence-electron chi connectivity index (χ3n) is 2.88. The molecule has 0 saturated carbocycles. The number of rotatable bonds is 1. The van der Waals surface area contributed by atoms with E-state index in [1.807, 2.05) is 0 Å². The summed E-state index contributed by atoms with van der Waals surface area (Å²) >= 11 is 0. The Hall–Kier alpha value is -2.96. The maximum absolute atomic E-state index is 13.4. The minimum atomic E-state index is -1.41. The third kappa shape index (κ3) is 1.76. The first kappa shape index (κ1) is 12.1. The second-order valence-electron chi connectivity index (χ2n) is 4.11. The minimum absolute atomic E-state index is 0.225. The molecular formula is C13H8FN3O3. The molecule has 20 heavy (non-hydrogen) atoms. The van der Waals surface area contributed by atoms with Gasteiger partial charge in [0.15, 0.2) is 0 Å². The predicted molar refractivity (Wildman–Crippen MR) is 69.6 cm³/mol. The van der Waals surface area contributed by atoms with E-state index in [0.717, 1.165) is 0 Å². The zero-order valence-corrected chi connectivity index (χ0v) is 10.0. The Morgan fingerprint density at radius 1 is 1.25 bits per heavy atom. The Balaban J connectivity index is 2.34. The van der Waals surface area contributed by atoms with Gasteiger partial charge in [-0.15, -0.1) is 0 Å². The van der Waals surface area contributed by atoms with E-state index in [-0.39, 0.29) is 5.69 Å². The zero-order chi connectivity index (χ0) is 14.3. The van der Waals surface area contributed by atoms with E-state index in [1.54, 1.807) is 35.4 Å². The molecule has 2 aromatic heterocycles. The van der Waals surface area contributed by atoms with Gasteiger partial charge in [-0.2, -0.15) is 4.39 Å². The molecule has 0 bridgehead atoms. The van der Waals surface area contributed by atoms with Crippen molar-refractivity contribution in [1.82, 2.24) is 14.5 Å². The number of hydrogen-bond donors (Lipinski definition) is 2. The van der Waals surface area contributed by atoms with Crippen LogP contribution in [0.4, 0.5) is 4.39 Å². The van der Waals surface area contributed by atoms with Gasteiger partial charge in [-0.05, 0) is 24.3 Å². The minimum Gasteiger partial charge on any atom is -0.492 e. The first-order chi connectivity index (χ1) is 9.58. The lowest BCUT2D eigenvalue weighted by atomic mass is 10.2. The highest BCUT2D eigenvalue weighted by atomic mass is 19.1. The number of halogens is 1. The van der Waals surface area contributed by atoms with Crippen LogP contribution in [0.1, 0.15) is 0 Å². The molecule has 100 valence electrons. The predicted octanol–water partition coefficient (Wildman–Crippen LogP) is 0.919. The van der Waals surface area contributed by atoms with Gasteiger partial charge >= 0.3 is 5.69 Å². The molecule has 0 atom stereocenters. The van der Waals surface area contributed by atoms with Gasteiger partial charge in [0.1, 0.15) is 0 Å². The van der Waals surface area contributed by atoms with Crippen LogP contribution in [0.3, 0.4) is 0 Å². The smallest absolute Gasteiger partial charge is 0.335 e. The molecule has 6 nitrogen and oxygen atoms in total. The number of fused-ring (bicyclic) bond motifs is 1. The first-order valence-corrected chi connectivity index (χ1v) is 5.67. The molecule has 0 aliphatic heterocycles. The Bertz CT molecular complexity index is 930. The first-order valence-electron chi connectivity index (χ1n) is 5.67. The number of nitrogens with zero attached hydrogens (tertiary/aromatic N) is 2. The average Bonchev–Trinajstić information content (AvgIpc) is 2.45. The van der Waals surface area contributed by atoms with Crippen LogP contribution in [0.25, 0.3) is 16.6 Å². The van der Waals surface area contributed by atoms with Crippen molar-refractivity contribution in [2.24, 2.45) is 0 Å². The monoisotopic (exact) mass is 273 g/mol. The third-order valence-corrected chi connectivity index (χ3v) is 2.88. The number of benzene rings is 1. The number of aromatic hydroxyl groups is 1. The van der Waals surface area contributed by atoms with Crippen LogP contribution in [0.2, 0.25) is 0 Å². The molecule has 7 heteroatoms. The molecule has 3 aromatic rings. The summed E-state index contributed by atoms with van der Waals surface area (Å²) in [4.78, 5) is 28.7. The van der Waals surface area contributed by atoms with Crippen LogP contribution in [-0.4, -0.2) is 19.6 Å². The van der Waals surface area contributed by atoms with Crippen LogP contribution < -0.4 is 11.2 Å². The fourth-order valence-corrected chi connectivity index (χ4v) is 1.95. The lowest BCUT2D eigenvalue weighted by Crippen LogP contribution is -2.30.